The van der Waals surface area contributed by atoms with Crippen molar-refractivity contribution < 1.29 is 14.7 Å². The van der Waals surface area contributed by atoms with E-state index < -0.39 is 5.97 Å². The molecular weight excluding hydrogens is 244 g/mol. The highest BCUT2D eigenvalue weighted by Gasteiger charge is 2.34. The Morgan fingerprint density at radius 1 is 1.05 bits per heavy atom. The zero-order valence-corrected chi connectivity index (χ0v) is 11.8. The van der Waals surface area contributed by atoms with Crippen molar-refractivity contribution in [1.82, 2.24) is 9.80 Å². The first kappa shape index (κ1) is 14.3. The van der Waals surface area contributed by atoms with Gasteiger partial charge in [-0.15, -0.1) is 0 Å². The van der Waals surface area contributed by atoms with Crippen molar-refractivity contribution in [3.05, 3.63) is 0 Å². The van der Waals surface area contributed by atoms with Crippen LogP contribution in [0.3, 0.4) is 0 Å². The molecule has 1 unspecified atom stereocenters. The van der Waals surface area contributed by atoms with Crippen LogP contribution in [0.25, 0.3) is 0 Å². The molecule has 1 saturated heterocycles. The third kappa shape index (κ3) is 3.26. The lowest BCUT2D eigenvalue weighted by Crippen LogP contribution is -2.54. The van der Waals surface area contributed by atoms with Gasteiger partial charge in [0.05, 0.1) is 5.92 Å². The van der Waals surface area contributed by atoms with E-state index in [2.05, 4.69) is 18.9 Å². The minimum atomic E-state index is -0.709. The number of rotatable bonds is 2. The Bertz CT molecular complexity index is 351. The SMILES string of the molecule is CC1CN(C)CCN1C(=O)C1CCC(C(=O)O)CC1. The average molecular weight is 268 g/mol. The number of carboxylic acid groups (broad SMARTS) is 1. The highest BCUT2D eigenvalue weighted by molar-refractivity contribution is 5.80. The number of carbonyl (C=O) groups is 2. The number of nitrogens with zero attached hydrogens (tertiary/aromatic N) is 2. The molecule has 0 radical (unpaired) electrons. The molecule has 0 aromatic heterocycles. The molecular formula is C14H24N2O3. The molecule has 19 heavy (non-hydrogen) atoms. The maximum atomic E-state index is 12.5. The first-order chi connectivity index (χ1) is 8.99. The highest BCUT2D eigenvalue weighted by Crippen LogP contribution is 2.31. The predicted molar refractivity (Wildman–Crippen MR) is 71.8 cm³/mol. The summed E-state index contributed by atoms with van der Waals surface area (Å²) < 4.78 is 0. The summed E-state index contributed by atoms with van der Waals surface area (Å²) in [5.41, 5.74) is 0. The highest BCUT2D eigenvalue weighted by atomic mass is 16.4. The smallest absolute Gasteiger partial charge is 0.306 e. The van der Waals surface area contributed by atoms with Crippen molar-refractivity contribution in [2.24, 2.45) is 11.8 Å². The zero-order valence-electron chi connectivity index (χ0n) is 11.8. The molecule has 5 heteroatoms. The molecule has 1 aliphatic heterocycles. The molecule has 5 nitrogen and oxygen atoms in total. The molecule has 1 aliphatic carbocycles. The van der Waals surface area contributed by atoms with Crippen LogP contribution in [-0.2, 0) is 9.59 Å². The van der Waals surface area contributed by atoms with Crippen molar-refractivity contribution in [3.63, 3.8) is 0 Å². The summed E-state index contributed by atoms with van der Waals surface area (Å²) in [5.74, 6) is -0.668. The molecule has 1 saturated carbocycles. The predicted octanol–water partition coefficient (Wildman–Crippen LogP) is 1.04. The van der Waals surface area contributed by atoms with Gasteiger partial charge in [0.15, 0.2) is 0 Å². The number of amides is 1. The fourth-order valence-corrected chi connectivity index (χ4v) is 3.29. The fraction of sp³-hybridized carbons (Fsp3) is 0.857. The number of hydrogen-bond donors (Lipinski definition) is 1. The second-order valence-corrected chi connectivity index (χ2v) is 6.03. The van der Waals surface area contributed by atoms with Crippen LogP contribution in [-0.4, -0.2) is 59.5 Å². The molecule has 1 heterocycles. The van der Waals surface area contributed by atoms with Crippen LogP contribution < -0.4 is 0 Å². The van der Waals surface area contributed by atoms with Gasteiger partial charge in [-0.05, 0) is 39.7 Å². The summed E-state index contributed by atoms with van der Waals surface area (Å²) in [7, 11) is 2.08. The molecule has 0 bridgehead atoms. The normalized spacial score (nSPS) is 33.2. The molecule has 2 aliphatic rings. The van der Waals surface area contributed by atoms with E-state index in [1.54, 1.807) is 0 Å². The van der Waals surface area contributed by atoms with Crippen LogP contribution in [0.1, 0.15) is 32.6 Å². The molecule has 2 fully saturated rings. The van der Waals surface area contributed by atoms with E-state index in [0.717, 1.165) is 32.5 Å². The maximum Gasteiger partial charge on any atom is 0.306 e. The van der Waals surface area contributed by atoms with Gasteiger partial charge < -0.3 is 14.9 Å². The number of carbonyl (C=O) groups excluding carboxylic acids is 1. The zero-order chi connectivity index (χ0) is 14.0. The largest absolute Gasteiger partial charge is 0.481 e. The molecule has 1 atom stereocenters. The number of piperazine rings is 1. The van der Waals surface area contributed by atoms with Crippen LogP contribution in [0.15, 0.2) is 0 Å². The summed E-state index contributed by atoms with van der Waals surface area (Å²) in [5, 5.41) is 8.98. The van der Waals surface area contributed by atoms with Crippen molar-refractivity contribution in [2.75, 3.05) is 26.7 Å². The molecule has 1 amide bonds. The Balaban J connectivity index is 1.89. The van der Waals surface area contributed by atoms with Gasteiger partial charge in [-0.3, -0.25) is 9.59 Å². The summed E-state index contributed by atoms with van der Waals surface area (Å²) in [6, 6.07) is 0.267. The molecule has 0 aromatic rings. The summed E-state index contributed by atoms with van der Waals surface area (Å²) in [4.78, 5) is 27.7. The van der Waals surface area contributed by atoms with E-state index in [4.69, 9.17) is 5.11 Å². The van der Waals surface area contributed by atoms with Gasteiger partial charge >= 0.3 is 5.97 Å². The first-order valence-corrected chi connectivity index (χ1v) is 7.21. The maximum absolute atomic E-state index is 12.5. The molecule has 1 N–H and O–H groups in total. The van der Waals surface area contributed by atoms with E-state index in [9.17, 15) is 9.59 Å². The fourth-order valence-electron chi connectivity index (χ4n) is 3.29. The quantitative estimate of drug-likeness (QED) is 0.813. The van der Waals surface area contributed by atoms with Crippen LogP contribution >= 0.6 is 0 Å². The first-order valence-electron chi connectivity index (χ1n) is 7.21. The van der Waals surface area contributed by atoms with E-state index in [1.807, 2.05) is 4.90 Å². The van der Waals surface area contributed by atoms with Crippen molar-refractivity contribution in [3.8, 4) is 0 Å². The Morgan fingerprint density at radius 3 is 2.16 bits per heavy atom. The third-order valence-electron chi connectivity index (χ3n) is 4.54. The summed E-state index contributed by atoms with van der Waals surface area (Å²) in [6.07, 6.45) is 2.76. The Morgan fingerprint density at radius 2 is 1.63 bits per heavy atom. The second kappa shape index (κ2) is 5.90. The topological polar surface area (TPSA) is 60.9 Å². The number of aliphatic carboxylic acids is 1. The minimum absolute atomic E-state index is 0.0430. The lowest BCUT2D eigenvalue weighted by Gasteiger charge is -2.40. The van der Waals surface area contributed by atoms with Gasteiger partial charge in [0.2, 0.25) is 5.91 Å². The minimum Gasteiger partial charge on any atom is -0.481 e. The van der Waals surface area contributed by atoms with Crippen LogP contribution in [0, 0.1) is 11.8 Å². The lowest BCUT2D eigenvalue weighted by molar-refractivity contribution is -0.147. The van der Waals surface area contributed by atoms with E-state index in [0.29, 0.717) is 12.8 Å². The van der Waals surface area contributed by atoms with E-state index >= 15 is 0 Å². The second-order valence-electron chi connectivity index (χ2n) is 6.03. The molecule has 108 valence electrons. The Labute approximate surface area is 114 Å². The molecule has 0 aromatic carbocycles. The monoisotopic (exact) mass is 268 g/mol. The third-order valence-corrected chi connectivity index (χ3v) is 4.54. The van der Waals surface area contributed by atoms with Gasteiger partial charge in [0, 0.05) is 31.6 Å². The van der Waals surface area contributed by atoms with Crippen molar-refractivity contribution in [1.29, 1.82) is 0 Å². The van der Waals surface area contributed by atoms with Gasteiger partial charge in [-0.1, -0.05) is 0 Å². The lowest BCUT2D eigenvalue weighted by atomic mass is 9.81. The van der Waals surface area contributed by atoms with Gasteiger partial charge in [0.1, 0.15) is 0 Å². The Hall–Kier alpha value is -1.10. The number of carboxylic acids is 1. The molecule has 2 rings (SSSR count). The van der Waals surface area contributed by atoms with E-state index in [-0.39, 0.29) is 23.8 Å². The number of likely N-dealkylation sites (N-methyl/N-ethyl adjacent to an activating group) is 1. The van der Waals surface area contributed by atoms with Gasteiger partial charge in [-0.2, -0.15) is 0 Å². The van der Waals surface area contributed by atoms with Gasteiger partial charge in [0.25, 0.3) is 0 Å². The van der Waals surface area contributed by atoms with Crippen molar-refractivity contribution >= 4 is 11.9 Å². The number of hydrogen-bond acceptors (Lipinski definition) is 3. The van der Waals surface area contributed by atoms with Crippen LogP contribution in [0.2, 0.25) is 0 Å². The van der Waals surface area contributed by atoms with Gasteiger partial charge in [-0.25, -0.2) is 0 Å². The standard InChI is InChI=1S/C14H24N2O3/c1-10-9-15(2)7-8-16(10)13(17)11-3-5-12(6-4-11)14(18)19/h10-12H,3-9H2,1-2H3,(H,18,19). The average Bonchev–Trinajstić information content (AvgIpc) is 2.38. The summed E-state index contributed by atoms with van der Waals surface area (Å²) in [6.45, 7) is 4.75. The summed E-state index contributed by atoms with van der Waals surface area (Å²) >= 11 is 0. The van der Waals surface area contributed by atoms with Crippen LogP contribution in [0.4, 0.5) is 0 Å². The Kier molecular flexibility index (Phi) is 4.45. The van der Waals surface area contributed by atoms with E-state index in [1.165, 1.54) is 0 Å². The van der Waals surface area contributed by atoms with Crippen LogP contribution in [0.5, 0.6) is 0 Å². The molecule has 0 spiro atoms. The van der Waals surface area contributed by atoms with Crippen molar-refractivity contribution in [2.45, 2.75) is 38.6 Å².